The average molecular weight is 318 g/mol. The van der Waals surface area contributed by atoms with Gasteiger partial charge in [0.2, 0.25) is 0 Å². The van der Waals surface area contributed by atoms with E-state index in [1.165, 1.54) is 29.6 Å². The van der Waals surface area contributed by atoms with E-state index >= 15 is 0 Å². The second-order valence-electron chi connectivity index (χ2n) is 5.84. The Labute approximate surface area is 133 Å². The Morgan fingerprint density at radius 3 is 2.65 bits per heavy atom. The second-order valence-corrected chi connectivity index (χ2v) is 5.84. The number of hydrogen-bond donors (Lipinski definition) is 1. The maximum Gasteiger partial charge on any atom is 0.415 e. The Balaban J connectivity index is 2.41. The standard InChI is InChI=1S/C16H18N2O5/c1-16(2,3)23-15(21)18(10-11-5-4-8-22-11)13-9-17-7-6-12(13)14(19)20/h4-9H,10H2,1-3H3,(H,19,20). The van der Waals surface area contributed by atoms with Gasteiger partial charge >= 0.3 is 12.1 Å². The summed E-state index contributed by atoms with van der Waals surface area (Å²) in [6, 6.07) is 4.70. The number of amides is 1. The van der Waals surface area contributed by atoms with Crippen molar-refractivity contribution in [2.75, 3.05) is 4.90 Å². The van der Waals surface area contributed by atoms with Crippen molar-refractivity contribution < 1.29 is 23.8 Å². The summed E-state index contributed by atoms with van der Waals surface area (Å²) < 4.78 is 10.6. The molecule has 2 aromatic heterocycles. The van der Waals surface area contributed by atoms with E-state index < -0.39 is 17.7 Å². The van der Waals surface area contributed by atoms with Crippen molar-refractivity contribution in [2.45, 2.75) is 32.9 Å². The largest absolute Gasteiger partial charge is 0.478 e. The Morgan fingerprint density at radius 2 is 2.09 bits per heavy atom. The molecule has 0 bridgehead atoms. The van der Waals surface area contributed by atoms with Gasteiger partial charge in [-0.15, -0.1) is 0 Å². The highest BCUT2D eigenvalue weighted by molar-refractivity contribution is 5.99. The quantitative estimate of drug-likeness (QED) is 0.929. The van der Waals surface area contributed by atoms with Crippen LogP contribution in [0.1, 0.15) is 36.9 Å². The highest BCUT2D eigenvalue weighted by atomic mass is 16.6. The number of anilines is 1. The summed E-state index contributed by atoms with van der Waals surface area (Å²) in [6.07, 6.45) is 3.47. The van der Waals surface area contributed by atoms with Gasteiger partial charge in [0.05, 0.1) is 30.3 Å². The van der Waals surface area contributed by atoms with E-state index in [2.05, 4.69) is 4.98 Å². The fourth-order valence-electron chi connectivity index (χ4n) is 1.91. The smallest absolute Gasteiger partial charge is 0.415 e. The highest BCUT2D eigenvalue weighted by Gasteiger charge is 2.27. The third-order valence-corrected chi connectivity index (χ3v) is 2.83. The van der Waals surface area contributed by atoms with Crippen LogP contribution in [0.3, 0.4) is 0 Å². The predicted octanol–water partition coefficient (Wildman–Crippen LogP) is 3.31. The highest BCUT2D eigenvalue weighted by Crippen LogP contribution is 2.24. The zero-order chi connectivity index (χ0) is 17.0. The molecular formula is C16H18N2O5. The van der Waals surface area contributed by atoms with E-state index in [4.69, 9.17) is 9.15 Å². The number of furan rings is 1. The molecular weight excluding hydrogens is 300 g/mol. The first-order chi connectivity index (χ1) is 10.8. The fourth-order valence-corrected chi connectivity index (χ4v) is 1.91. The average Bonchev–Trinajstić information content (AvgIpc) is 2.95. The van der Waals surface area contributed by atoms with Gasteiger partial charge in [-0.1, -0.05) is 0 Å². The van der Waals surface area contributed by atoms with Crippen LogP contribution in [-0.4, -0.2) is 27.8 Å². The summed E-state index contributed by atoms with van der Waals surface area (Å²) in [5, 5.41) is 9.32. The summed E-state index contributed by atoms with van der Waals surface area (Å²) in [5.41, 5.74) is -0.618. The maximum atomic E-state index is 12.5. The van der Waals surface area contributed by atoms with Crippen molar-refractivity contribution >= 4 is 17.7 Å². The molecule has 1 amide bonds. The van der Waals surface area contributed by atoms with Crippen LogP contribution in [0.4, 0.5) is 10.5 Å². The lowest BCUT2D eigenvalue weighted by Gasteiger charge is -2.27. The van der Waals surface area contributed by atoms with Crippen LogP contribution >= 0.6 is 0 Å². The van der Waals surface area contributed by atoms with Crippen molar-refractivity contribution in [3.63, 3.8) is 0 Å². The minimum Gasteiger partial charge on any atom is -0.478 e. The van der Waals surface area contributed by atoms with Crippen LogP contribution in [0.15, 0.2) is 41.3 Å². The van der Waals surface area contributed by atoms with Crippen LogP contribution in [0.25, 0.3) is 0 Å². The van der Waals surface area contributed by atoms with Crippen LogP contribution in [-0.2, 0) is 11.3 Å². The molecule has 0 unspecified atom stereocenters. The van der Waals surface area contributed by atoms with Crippen molar-refractivity contribution in [1.29, 1.82) is 0 Å². The third kappa shape index (κ3) is 4.32. The van der Waals surface area contributed by atoms with Gasteiger partial charge in [-0.25, -0.2) is 9.59 Å². The zero-order valence-corrected chi connectivity index (χ0v) is 13.1. The molecule has 2 heterocycles. The molecule has 0 saturated carbocycles. The van der Waals surface area contributed by atoms with Crippen LogP contribution in [0.2, 0.25) is 0 Å². The molecule has 0 spiro atoms. The molecule has 0 aliphatic carbocycles. The van der Waals surface area contributed by atoms with E-state index in [-0.39, 0.29) is 17.8 Å². The summed E-state index contributed by atoms with van der Waals surface area (Å²) in [4.78, 5) is 29.0. The monoisotopic (exact) mass is 318 g/mol. The minimum absolute atomic E-state index is 0.0356. The summed E-state index contributed by atoms with van der Waals surface area (Å²) in [7, 11) is 0. The first-order valence-electron chi connectivity index (χ1n) is 6.98. The number of hydrogen-bond acceptors (Lipinski definition) is 5. The van der Waals surface area contributed by atoms with Crippen LogP contribution in [0, 0.1) is 0 Å². The van der Waals surface area contributed by atoms with E-state index in [9.17, 15) is 14.7 Å². The molecule has 122 valence electrons. The summed E-state index contributed by atoms with van der Waals surface area (Å²) >= 11 is 0. The van der Waals surface area contributed by atoms with Gasteiger partial charge in [0.1, 0.15) is 11.4 Å². The topological polar surface area (TPSA) is 92.9 Å². The molecule has 2 aromatic rings. The van der Waals surface area contributed by atoms with Crippen molar-refractivity contribution in [3.05, 3.63) is 48.2 Å². The number of rotatable bonds is 4. The lowest BCUT2D eigenvalue weighted by Crippen LogP contribution is -2.37. The van der Waals surface area contributed by atoms with Gasteiger partial charge < -0.3 is 14.3 Å². The Kier molecular flexibility index (Phi) is 4.68. The predicted molar refractivity (Wildman–Crippen MR) is 82.3 cm³/mol. The van der Waals surface area contributed by atoms with Gasteiger partial charge in [0.15, 0.2) is 0 Å². The lowest BCUT2D eigenvalue weighted by molar-refractivity contribution is 0.0574. The van der Waals surface area contributed by atoms with E-state index in [0.29, 0.717) is 5.76 Å². The molecule has 0 aliphatic heterocycles. The van der Waals surface area contributed by atoms with Gasteiger partial charge in [0, 0.05) is 6.20 Å². The number of carbonyl (C=O) groups excluding carboxylic acids is 1. The number of ether oxygens (including phenoxy) is 1. The second kappa shape index (κ2) is 6.51. The molecule has 7 heteroatoms. The molecule has 23 heavy (non-hydrogen) atoms. The van der Waals surface area contributed by atoms with Crippen molar-refractivity contribution in [1.82, 2.24) is 4.98 Å². The molecule has 0 aromatic carbocycles. The van der Waals surface area contributed by atoms with Gasteiger partial charge in [-0.3, -0.25) is 9.88 Å². The third-order valence-electron chi connectivity index (χ3n) is 2.83. The van der Waals surface area contributed by atoms with Crippen molar-refractivity contribution in [2.24, 2.45) is 0 Å². The van der Waals surface area contributed by atoms with Gasteiger partial charge in [-0.2, -0.15) is 0 Å². The number of carbonyl (C=O) groups is 2. The van der Waals surface area contributed by atoms with Gasteiger partial charge in [0.25, 0.3) is 0 Å². The molecule has 0 atom stereocenters. The Bertz CT molecular complexity index is 689. The number of aromatic carboxylic acids is 1. The molecule has 0 fully saturated rings. The number of aromatic nitrogens is 1. The number of carboxylic acids is 1. The van der Waals surface area contributed by atoms with Gasteiger partial charge in [-0.05, 0) is 39.0 Å². The zero-order valence-electron chi connectivity index (χ0n) is 13.1. The first-order valence-corrected chi connectivity index (χ1v) is 6.98. The maximum absolute atomic E-state index is 12.5. The Morgan fingerprint density at radius 1 is 1.35 bits per heavy atom. The number of pyridine rings is 1. The first kappa shape index (κ1) is 16.5. The number of nitrogens with zero attached hydrogens (tertiary/aromatic N) is 2. The number of carboxylic acid groups (broad SMARTS) is 1. The SMILES string of the molecule is CC(C)(C)OC(=O)N(Cc1ccco1)c1cnccc1C(=O)O. The lowest BCUT2D eigenvalue weighted by atomic mass is 10.2. The summed E-state index contributed by atoms with van der Waals surface area (Å²) in [5.74, 6) is -0.661. The molecule has 0 radical (unpaired) electrons. The van der Waals surface area contributed by atoms with Crippen LogP contribution < -0.4 is 4.90 Å². The molecule has 2 rings (SSSR count). The van der Waals surface area contributed by atoms with E-state index in [0.717, 1.165) is 0 Å². The fraction of sp³-hybridized carbons (Fsp3) is 0.312. The van der Waals surface area contributed by atoms with Crippen molar-refractivity contribution in [3.8, 4) is 0 Å². The minimum atomic E-state index is -1.16. The summed E-state index contributed by atoms with van der Waals surface area (Å²) in [6.45, 7) is 5.24. The molecule has 1 N–H and O–H groups in total. The normalized spacial score (nSPS) is 11.1. The van der Waals surface area contributed by atoms with E-state index in [1.807, 2.05) is 0 Å². The Hall–Kier alpha value is -2.83. The van der Waals surface area contributed by atoms with Crippen LogP contribution in [0.5, 0.6) is 0 Å². The molecule has 0 saturated heterocycles. The molecule has 0 aliphatic rings. The molecule has 7 nitrogen and oxygen atoms in total. The van der Waals surface area contributed by atoms with E-state index in [1.54, 1.807) is 32.9 Å².